The molecular weight excluding hydrogens is 399 g/mol. The largest absolute Gasteiger partial charge is 1.00 e. The molecule has 2 rings (SSSR count). The SMILES string of the molecule is CCCCCCCCCCc1ccc([O-])c(S(=O)(=O)O)c1Oc1ccccc1.[Na+]. The molecule has 0 heterocycles. The van der Waals surface area contributed by atoms with Crippen molar-refractivity contribution in [2.24, 2.45) is 0 Å². The summed E-state index contributed by atoms with van der Waals surface area (Å²) < 4.78 is 38.9. The van der Waals surface area contributed by atoms with Gasteiger partial charge in [0.15, 0.2) is 5.75 Å². The Hall–Kier alpha value is -1.05. The van der Waals surface area contributed by atoms with Crippen LogP contribution in [0.3, 0.4) is 0 Å². The van der Waals surface area contributed by atoms with Crippen molar-refractivity contribution in [3.05, 3.63) is 48.0 Å². The number of rotatable bonds is 12. The maximum absolute atomic E-state index is 12.1. The fourth-order valence-corrected chi connectivity index (χ4v) is 3.92. The van der Waals surface area contributed by atoms with E-state index >= 15 is 0 Å². The van der Waals surface area contributed by atoms with E-state index < -0.39 is 20.8 Å². The molecule has 0 amide bonds. The Morgan fingerprint density at radius 1 is 0.897 bits per heavy atom. The van der Waals surface area contributed by atoms with Crippen molar-refractivity contribution in [3.63, 3.8) is 0 Å². The van der Waals surface area contributed by atoms with Crippen LogP contribution in [0.15, 0.2) is 47.4 Å². The third-order valence-corrected chi connectivity index (χ3v) is 5.58. The average molecular weight is 429 g/mol. The van der Waals surface area contributed by atoms with E-state index in [1.54, 1.807) is 30.3 Å². The van der Waals surface area contributed by atoms with E-state index in [0.29, 0.717) is 17.7 Å². The quantitative estimate of drug-likeness (QED) is 0.319. The number of benzene rings is 2. The second-order valence-corrected chi connectivity index (χ2v) is 8.35. The van der Waals surface area contributed by atoms with Gasteiger partial charge >= 0.3 is 29.6 Å². The number of hydrogen-bond donors (Lipinski definition) is 1. The summed E-state index contributed by atoms with van der Waals surface area (Å²) in [6, 6.07) is 11.4. The van der Waals surface area contributed by atoms with Crippen molar-refractivity contribution >= 4 is 10.1 Å². The van der Waals surface area contributed by atoms with Crippen LogP contribution in [0.2, 0.25) is 0 Å². The van der Waals surface area contributed by atoms with Gasteiger partial charge in [-0.15, -0.1) is 0 Å². The second-order valence-electron chi connectivity index (χ2n) is 7.00. The van der Waals surface area contributed by atoms with Crippen LogP contribution >= 0.6 is 0 Å². The maximum atomic E-state index is 12.1. The first kappa shape index (κ1) is 26.0. The first-order valence-electron chi connectivity index (χ1n) is 9.96. The number of hydrogen-bond acceptors (Lipinski definition) is 4. The summed E-state index contributed by atoms with van der Waals surface area (Å²) in [5.41, 5.74) is 0.613. The van der Waals surface area contributed by atoms with Crippen LogP contribution < -0.4 is 39.4 Å². The van der Waals surface area contributed by atoms with Crippen LogP contribution in [0.25, 0.3) is 0 Å². The Kier molecular flexibility index (Phi) is 11.9. The van der Waals surface area contributed by atoms with Gasteiger partial charge in [0.2, 0.25) is 0 Å². The van der Waals surface area contributed by atoms with E-state index in [1.165, 1.54) is 38.2 Å². The Bertz CT molecular complexity index is 838. The Balaban J connectivity index is 0.00000420. The second kappa shape index (κ2) is 13.3. The zero-order chi connectivity index (χ0) is 20.4. The van der Waals surface area contributed by atoms with Gasteiger partial charge in [-0.25, -0.2) is 0 Å². The predicted molar refractivity (Wildman–Crippen MR) is 109 cm³/mol. The Labute approximate surface area is 196 Å². The molecular formula is C22H29NaO5S. The summed E-state index contributed by atoms with van der Waals surface area (Å²) in [4.78, 5) is -0.687. The van der Waals surface area contributed by atoms with E-state index in [-0.39, 0.29) is 35.3 Å². The summed E-state index contributed by atoms with van der Waals surface area (Å²) in [6.45, 7) is 2.20. The molecule has 7 heteroatoms. The van der Waals surface area contributed by atoms with Crippen molar-refractivity contribution in [2.75, 3.05) is 0 Å². The average Bonchev–Trinajstić information content (AvgIpc) is 2.65. The van der Waals surface area contributed by atoms with Gasteiger partial charge in [-0.3, -0.25) is 4.55 Å². The first-order valence-corrected chi connectivity index (χ1v) is 11.4. The van der Waals surface area contributed by atoms with Gasteiger partial charge in [0, 0.05) is 0 Å². The molecule has 0 aliphatic carbocycles. The van der Waals surface area contributed by atoms with E-state index in [1.807, 2.05) is 6.07 Å². The molecule has 0 fully saturated rings. The molecule has 0 saturated heterocycles. The predicted octanol–water partition coefficient (Wildman–Crippen LogP) is 2.49. The molecule has 0 aliphatic rings. The van der Waals surface area contributed by atoms with Crippen LogP contribution in [0.4, 0.5) is 0 Å². The molecule has 154 valence electrons. The zero-order valence-corrected chi connectivity index (χ0v) is 20.2. The van der Waals surface area contributed by atoms with Crippen LogP contribution in [-0.2, 0) is 16.5 Å². The van der Waals surface area contributed by atoms with Crippen molar-refractivity contribution in [1.82, 2.24) is 0 Å². The van der Waals surface area contributed by atoms with Crippen LogP contribution in [0, 0.1) is 0 Å². The standard InChI is InChI=1S/C22H30O5S.Na/c1-2-3-4-5-6-7-8-10-13-18-16-17-20(23)22(28(24,25)26)21(18)27-19-14-11-9-12-15-19;/h9,11-12,14-17,23H,2-8,10,13H2,1H3,(H,24,25,26);/q;+1/p-1. The summed E-state index contributed by atoms with van der Waals surface area (Å²) in [5.74, 6) is -0.424. The molecule has 0 aliphatic heterocycles. The monoisotopic (exact) mass is 428 g/mol. The molecule has 0 radical (unpaired) electrons. The smallest absolute Gasteiger partial charge is 0.871 e. The van der Waals surface area contributed by atoms with Crippen LogP contribution in [0.5, 0.6) is 17.2 Å². The molecule has 0 bridgehead atoms. The molecule has 1 N–H and O–H groups in total. The van der Waals surface area contributed by atoms with Gasteiger partial charge in [0.25, 0.3) is 10.1 Å². The molecule has 5 nitrogen and oxygen atoms in total. The van der Waals surface area contributed by atoms with Crippen LogP contribution in [0.1, 0.15) is 63.9 Å². The fourth-order valence-electron chi connectivity index (χ4n) is 3.19. The van der Waals surface area contributed by atoms with Gasteiger partial charge in [0.1, 0.15) is 10.6 Å². The molecule has 0 unspecified atom stereocenters. The minimum atomic E-state index is -4.69. The zero-order valence-electron chi connectivity index (χ0n) is 17.4. The fraction of sp³-hybridized carbons (Fsp3) is 0.455. The number of unbranched alkanes of at least 4 members (excludes halogenated alkanes) is 7. The molecule has 0 aromatic heterocycles. The molecule has 2 aromatic rings. The molecule has 0 spiro atoms. The van der Waals surface area contributed by atoms with E-state index in [2.05, 4.69) is 6.92 Å². The van der Waals surface area contributed by atoms with Crippen molar-refractivity contribution in [1.29, 1.82) is 0 Å². The third kappa shape index (κ3) is 8.69. The van der Waals surface area contributed by atoms with Gasteiger partial charge in [-0.05, 0) is 30.5 Å². The number of ether oxygens (including phenoxy) is 1. The molecule has 0 atom stereocenters. The first-order chi connectivity index (χ1) is 13.4. The number of aryl methyl sites for hydroxylation is 1. The van der Waals surface area contributed by atoms with Gasteiger partial charge in [-0.2, -0.15) is 8.42 Å². The minimum Gasteiger partial charge on any atom is -0.871 e. The Morgan fingerprint density at radius 2 is 1.48 bits per heavy atom. The van der Waals surface area contributed by atoms with Crippen molar-refractivity contribution in [2.45, 2.75) is 69.6 Å². The minimum absolute atomic E-state index is 0. The maximum Gasteiger partial charge on any atom is 1.00 e. The summed E-state index contributed by atoms with van der Waals surface area (Å²) in [7, 11) is -4.69. The molecule has 29 heavy (non-hydrogen) atoms. The summed E-state index contributed by atoms with van der Waals surface area (Å²) in [6.07, 6.45) is 9.82. The van der Waals surface area contributed by atoms with Crippen LogP contribution in [-0.4, -0.2) is 13.0 Å². The topological polar surface area (TPSA) is 86.7 Å². The van der Waals surface area contributed by atoms with Crippen molar-refractivity contribution in [3.8, 4) is 17.2 Å². The normalized spacial score (nSPS) is 11.1. The van der Waals surface area contributed by atoms with Gasteiger partial charge in [-0.1, -0.05) is 88.0 Å². The Morgan fingerprint density at radius 3 is 2.07 bits per heavy atom. The van der Waals surface area contributed by atoms with Crippen molar-refractivity contribution < 1.29 is 52.4 Å². The third-order valence-electron chi connectivity index (χ3n) is 4.68. The van der Waals surface area contributed by atoms with E-state index in [0.717, 1.165) is 19.3 Å². The van der Waals surface area contributed by atoms with Gasteiger partial charge in [0.05, 0.1) is 0 Å². The van der Waals surface area contributed by atoms with Gasteiger partial charge < -0.3 is 9.84 Å². The molecule has 2 aromatic carbocycles. The van der Waals surface area contributed by atoms with E-state index in [4.69, 9.17) is 4.74 Å². The number of para-hydroxylation sites is 1. The molecule has 0 saturated carbocycles. The van der Waals surface area contributed by atoms with E-state index in [9.17, 15) is 18.1 Å². The summed E-state index contributed by atoms with van der Waals surface area (Å²) >= 11 is 0. The summed E-state index contributed by atoms with van der Waals surface area (Å²) in [5, 5.41) is 12.1.